The molecule has 2 bridgehead atoms. The maximum Gasteiger partial charge on any atom is 0.376 e. The quantitative estimate of drug-likeness (QED) is 0.630. The molecule has 1 N–H and O–H groups in total. The minimum atomic E-state index is -0.653. The lowest BCUT2D eigenvalue weighted by Gasteiger charge is -2.36. The van der Waals surface area contributed by atoms with Crippen molar-refractivity contribution >= 4 is 29.2 Å². The number of nitrogens with zero attached hydrogens (tertiary/aromatic N) is 5. The van der Waals surface area contributed by atoms with E-state index in [-0.39, 0.29) is 30.6 Å². The smallest absolute Gasteiger partial charge is 0.376 e. The Balaban J connectivity index is 1.34. The Morgan fingerprint density at radius 1 is 1.31 bits per heavy atom. The molecule has 2 amide bonds. The van der Waals surface area contributed by atoms with Crippen LogP contribution in [0.4, 0.5) is 22.0 Å². The Bertz CT molecular complexity index is 1160. The van der Waals surface area contributed by atoms with Crippen LogP contribution in [0.1, 0.15) is 36.6 Å². The number of hydrogen-bond donors (Lipinski definition) is 1. The van der Waals surface area contributed by atoms with Gasteiger partial charge in [-0.2, -0.15) is 0 Å². The first kappa shape index (κ1) is 23.2. The Morgan fingerprint density at radius 3 is 2.89 bits per heavy atom. The first-order valence-electron chi connectivity index (χ1n) is 11.5. The number of pyridine rings is 1. The van der Waals surface area contributed by atoms with E-state index in [1.807, 2.05) is 13.8 Å². The second kappa shape index (κ2) is 8.93. The summed E-state index contributed by atoms with van der Waals surface area (Å²) in [5.74, 6) is -0.609. The van der Waals surface area contributed by atoms with Crippen molar-refractivity contribution in [2.45, 2.75) is 45.1 Å². The predicted molar refractivity (Wildman–Crippen MR) is 125 cm³/mol. The highest BCUT2D eigenvalue weighted by molar-refractivity contribution is 6.05. The number of fused-ring (bicyclic) bond motifs is 4. The Labute approximate surface area is 202 Å². The number of carbonyl (C=O) groups excluding carboxylic acids is 2. The summed E-state index contributed by atoms with van der Waals surface area (Å²) in [5, 5.41) is 2.91. The van der Waals surface area contributed by atoms with E-state index in [4.69, 9.17) is 18.9 Å². The van der Waals surface area contributed by atoms with Gasteiger partial charge in [0.2, 0.25) is 11.7 Å². The molecule has 0 aromatic carbocycles. The van der Waals surface area contributed by atoms with Crippen molar-refractivity contribution in [3.05, 3.63) is 29.8 Å². The van der Waals surface area contributed by atoms with Gasteiger partial charge in [-0.3, -0.25) is 4.90 Å². The van der Waals surface area contributed by atoms with Gasteiger partial charge < -0.3 is 29.2 Å². The van der Waals surface area contributed by atoms with Gasteiger partial charge in [0.15, 0.2) is 11.6 Å². The summed E-state index contributed by atoms with van der Waals surface area (Å²) in [5.41, 5.74) is 1.89. The lowest BCUT2D eigenvalue weighted by Crippen LogP contribution is -2.48. The molecule has 5 rings (SSSR count). The van der Waals surface area contributed by atoms with Crippen molar-refractivity contribution in [2.75, 3.05) is 48.5 Å². The van der Waals surface area contributed by atoms with Gasteiger partial charge in [0.05, 0.1) is 25.5 Å². The molecule has 2 aromatic rings. The normalized spacial score (nSPS) is 22.1. The average Bonchev–Trinajstić information content (AvgIpc) is 3.39. The molecular formula is C23H28N6O6. The molecular weight excluding hydrogens is 456 g/mol. The molecule has 3 aliphatic rings. The molecule has 0 saturated carbocycles. The van der Waals surface area contributed by atoms with Gasteiger partial charge in [-0.15, -0.1) is 0 Å². The van der Waals surface area contributed by atoms with E-state index in [2.05, 4.69) is 25.2 Å². The van der Waals surface area contributed by atoms with E-state index in [0.717, 1.165) is 18.7 Å². The van der Waals surface area contributed by atoms with Crippen LogP contribution < -0.4 is 19.9 Å². The highest BCUT2D eigenvalue weighted by Crippen LogP contribution is 2.40. The van der Waals surface area contributed by atoms with Crippen molar-refractivity contribution in [1.82, 2.24) is 15.0 Å². The molecule has 12 nitrogen and oxygen atoms in total. The van der Waals surface area contributed by atoms with Gasteiger partial charge in [-0.05, 0) is 33.3 Å². The first-order chi connectivity index (χ1) is 16.7. The SMILES string of the molecule is COC(=O)c1nc(C)c2c(n1)N(C(=O)Nc1ccnc(OC[C@H]3COC(C)(C)O3)c1)[C@H]1CCN2C1. The number of esters is 1. The van der Waals surface area contributed by atoms with Gasteiger partial charge in [-0.25, -0.2) is 24.5 Å². The van der Waals surface area contributed by atoms with Crippen LogP contribution >= 0.6 is 0 Å². The standard InChI is InChI=1S/C23H28N6O6/c1-13-18-20(27-19(25-13)21(30)32-4)29(15-6-8-28(18)10-15)22(31)26-14-5-7-24-17(9-14)33-11-16-12-34-23(2,3)35-16/h5,7,9,15-16H,6,8,10-12H2,1-4H3,(H,24,26,31)/t15-,16-/m0/s1. The molecule has 2 saturated heterocycles. The summed E-state index contributed by atoms with van der Waals surface area (Å²) >= 11 is 0. The van der Waals surface area contributed by atoms with Gasteiger partial charge in [0.1, 0.15) is 18.4 Å². The highest BCUT2D eigenvalue weighted by atomic mass is 16.7. The number of carbonyl (C=O) groups is 2. The van der Waals surface area contributed by atoms with E-state index in [1.165, 1.54) is 7.11 Å². The first-order valence-corrected chi connectivity index (χ1v) is 11.5. The molecule has 0 spiro atoms. The highest BCUT2D eigenvalue weighted by Gasteiger charge is 2.42. The fourth-order valence-electron chi connectivity index (χ4n) is 4.64. The molecule has 35 heavy (non-hydrogen) atoms. The molecule has 5 heterocycles. The fourth-order valence-corrected chi connectivity index (χ4v) is 4.64. The molecule has 0 aliphatic carbocycles. The number of aryl methyl sites for hydroxylation is 1. The summed E-state index contributed by atoms with van der Waals surface area (Å²) in [7, 11) is 1.27. The van der Waals surface area contributed by atoms with Crippen molar-refractivity contribution in [3.8, 4) is 5.88 Å². The van der Waals surface area contributed by atoms with Gasteiger partial charge in [0.25, 0.3) is 0 Å². The van der Waals surface area contributed by atoms with E-state index in [1.54, 1.807) is 30.2 Å². The Kier molecular flexibility index (Phi) is 5.93. The predicted octanol–water partition coefficient (Wildman–Crippen LogP) is 2.13. The van der Waals surface area contributed by atoms with Crippen LogP contribution in [0, 0.1) is 6.92 Å². The summed E-state index contributed by atoms with van der Waals surface area (Å²) in [6, 6.07) is 2.89. The number of aromatic nitrogens is 3. The van der Waals surface area contributed by atoms with Gasteiger partial charge >= 0.3 is 12.0 Å². The second-order valence-electron chi connectivity index (χ2n) is 9.13. The molecule has 2 fully saturated rings. The molecule has 3 aliphatic heterocycles. The Morgan fingerprint density at radius 2 is 2.14 bits per heavy atom. The monoisotopic (exact) mass is 484 g/mol. The topological polar surface area (TPSA) is 128 Å². The average molecular weight is 485 g/mol. The van der Waals surface area contributed by atoms with Crippen molar-refractivity contribution < 1.29 is 28.5 Å². The second-order valence-corrected chi connectivity index (χ2v) is 9.13. The van der Waals surface area contributed by atoms with E-state index >= 15 is 0 Å². The number of methoxy groups -OCH3 is 1. The Hall–Kier alpha value is -3.51. The third-order valence-corrected chi connectivity index (χ3v) is 6.17. The number of nitrogens with one attached hydrogen (secondary N) is 1. The number of rotatable bonds is 5. The van der Waals surface area contributed by atoms with Gasteiger partial charge in [0, 0.05) is 31.0 Å². The van der Waals surface area contributed by atoms with E-state index < -0.39 is 11.8 Å². The van der Waals surface area contributed by atoms with Crippen molar-refractivity contribution in [2.24, 2.45) is 0 Å². The summed E-state index contributed by atoms with van der Waals surface area (Å²) in [6.07, 6.45) is 2.14. The zero-order valence-electron chi connectivity index (χ0n) is 20.1. The minimum absolute atomic E-state index is 0.0788. The zero-order valence-corrected chi connectivity index (χ0v) is 20.1. The fraction of sp³-hybridized carbons (Fsp3) is 0.522. The maximum atomic E-state index is 13.5. The molecule has 2 aromatic heterocycles. The lowest BCUT2D eigenvalue weighted by molar-refractivity contribution is -0.141. The molecule has 2 atom stereocenters. The van der Waals surface area contributed by atoms with Crippen LogP contribution in [0.3, 0.4) is 0 Å². The van der Waals surface area contributed by atoms with Crippen molar-refractivity contribution in [3.63, 3.8) is 0 Å². The third-order valence-electron chi connectivity index (χ3n) is 6.17. The van der Waals surface area contributed by atoms with Crippen LogP contribution in [0.25, 0.3) is 0 Å². The van der Waals surface area contributed by atoms with Crippen LogP contribution in [-0.4, -0.2) is 78.3 Å². The van der Waals surface area contributed by atoms with Crippen LogP contribution in [-0.2, 0) is 14.2 Å². The molecule has 186 valence electrons. The maximum absolute atomic E-state index is 13.5. The largest absolute Gasteiger partial charge is 0.475 e. The van der Waals surface area contributed by atoms with Gasteiger partial charge in [-0.1, -0.05) is 0 Å². The number of amides is 2. The molecule has 0 radical (unpaired) electrons. The number of ether oxygens (including phenoxy) is 4. The van der Waals surface area contributed by atoms with Crippen molar-refractivity contribution in [1.29, 1.82) is 0 Å². The number of anilines is 3. The summed E-state index contributed by atoms with van der Waals surface area (Å²) < 4.78 is 21.9. The van der Waals surface area contributed by atoms with Crippen LogP contribution in [0.2, 0.25) is 0 Å². The minimum Gasteiger partial charge on any atom is -0.475 e. The molecule has 12 heteroatoms. The lowest BCUT2D eigenvalue weighted by atomic mass is 10.1. The summed E-state index contributed by atoms with van der Waals surface area (Å²) in [6.45, 7) is 7.67. The van der Waals surface area contributed by atoms with Crippen LogP contribution in [0.15, 0.2) is 18.3 Å². The number of hydrogen-bond acceptors (Lipinski definition) is 10. The molecule has 0 unspecified atom stereocenters. The summed E-state index contributed by atoms with van der Waals surface area (Å²) in [4.78, 5) is 42.2. The van der Waals surface area contributed by atoms with Crippen LogP contribution in [0.5, 0.6) is 5.88 Å². The third kappa shape index (κ3) is 4.58. The zero-order chi connectivity index (χ0) is 24.7. The van der Waals surface area contributed by atoms with E-state index in [0.29, 0.717) is 36.2 Å². The van der Waals surface area contributed by atoms with E-state index in [9.17, 15) is 9.59 Å². The number of urea groups is 1.